The molecule has 2 aromatic rings. The Morgan fingerprint density at radius 1 is 1.06 bits per heavy atom. The van der Waals surface area contributed by atoms with Crippen molar-refractivity contribution in [1.29, 1.82) is 0 Å². The van der Waals surface area contributed by atoms with Crippen molar-refractivity contribution in [3.8, 4) is 5.75 Å². The van der Waals surface area contributed by atoms with Crippen molar-refractivity contribution in [2.75, 3.05) is 63.1 Å². The molecule has 0 aliphatic carbocycles. The van der Waals surface area contributed by atoms with Crippen molar-refractivity contribution in [3.05, 3.63) is 48.3 Å². The average molecular weight is 479 g/mol. The summed E-state index contributed by atoms with van der Waals surface area (Å²) in [5, 5.41) is 3.04. The lowest BCUT2D eigenvalue weighted by Crippen LogP contribution is -2.50. The maximum absolute atomic E-state index is 13.1. The minimum atomic E-state index is -3.63. The second kappa shape index (κ2) is 10.8. The predicted molar refractivity (Wildman–Crippen MR) is 127 cm³/mol. The number of halogens is 1. The molecule has 1 fully saturated rings. The predicted octanol–water partition coefficient (Wildman–Crippen LogP) is 2.63. The van der Waals surface area contributed by atoms with E-state index >= 15 is 0 Å². The fraction of sp³-hybridized carbons (Fsp3) is 0.435. The monoisotopic (exact) mass is 478 g/mol. The zero-order valence-corrected chi connectivity index (χ0v) is 20.1. The van der Waals surface area contributed by atoms with Gasteiger partial charge in [-0.05, 0) is 42.5 Å². The first-order valence-corrected chi connectivity index (χ1v) is 12.4. The zero-order valence-electron chi connectivity index (χ0n) is 19.3. The third kappa shape index (κ3) is 5.75. The molecule has 1 aliphatic heterocycles. The number of anilines is 2. The first-order valence-electron chi connectivity index (χ1n) is 11.0. The Hall–Kier alpha value is -2.85. The van der Waals surface area contributed by atoms with Crippen molar-refractivity contribution in [1.82, 2.24) is 9.21 Å². The molecule has 1 heterocycles. The Bertz CT molecular complexity index is 1050. The van der Waals surface area contributed by atoms with Crippen LogP contribution < -0.4 is 15.0 Å². The number of methoxy groups -OCH3 is 1. The maximum atomic E-state index is 13.1. The molecule has 1 aliphatic rings. The summed E-state index contributed by atoms with van der Waals surface area (Å²) < 4.78 is 45.6. The van der Waals surface area contributed by atoms with Gasteiger partial charge in [-0.3, -0.25) is 4.79 Å². The maximum Gasteiger partial charge on any atom is 0.243 e. The lowest BCUT2D eigenvalue weighted by atomic mass is 10.2. The summed E-state index contributed by atoms with van der Waals surface area (Å²) in [5.41, 5.74) is 1.38. The van der Waals surface area contributed by atoms with Gasteiger partial charge in [0.2, 0.25) is 15.9 Å². The number of carbonyl (C=O) groups excluding carboxylic acids is 1. The van der Waals surface area contributed by atoms with Gasteiger partial charge in [-0.15, -0.1) is 0 Å². The van der Waals surface area contributed by atoms with Crippen LogP contribution in [-0.4, -0.2) is 76.5 Å². The van der Waals surface area contributed by atoms with Gasteiger partial charge in [-0.2, -0.15) is 4.31 Å². The second-order valence-electron chi connectivity index (χ2n) is 7.65. The van der Waals surface area contributed by atoms with Crippen LogP contribution in [-0.2, 0) is 14.8 Å². The van der Waals surface area contributed by atoms with Crippen molar-refractivity contribution >= 4 is 27.3 Å². The van der Waals surface area contributed by atoms with Crippen LogP contribution in [0.15, 0.2) is 47.4 Å². The molecule has 10 heteroatoms. The number of amides is 1. The van der Waals surface area contributed by atoms with Crippen molar-refractivity contribution in [3.63, 3.8) is 0 Å². The standard InChI is InChI=1S/C23H31FN4O4S/c1-4-28(5-2)33(30,31)20-10-11-22(32-3)21(16-20)25-17-23(29)27-14-12-26(13-15-27)19-8-6-18(24)7-9-19/h6-11,16,25H,4-5,12-15,17H2,1-3H3. The van der Waals surface area contributed by atoms with Crippen LogP contribution in [0.2, 0.25) is 0 Å². The van der Waals surface area contributed by atoms with Gasteiger partial charge in [0.05, 0.1) is 24.2 Å². The van der Waals surface area contributed by atoms with Crippen molar-refractivity contribution < 1.29 is 22.3 Å². The summed E-state index contributed by atoms with van der Waals surface area (Å²) in [5.74, 6) is 0.0956. The van der Waals surface area contributed by atoms with Crippen LogP contribution in [0.25, 0.3) is 0 Å². The van der Waals surface area contributed by atoms with Crippen LogP contribution in [0.3, 0.4) is 0 Å². The molecule has 180 valence electrons. The normalized spacial score (nSPS) is 14.5. The van der Waals surface area contributed by atoms with Gasteiger partial charge in [-0.1, -0.05) is 13.8 Å². The molecule has 8 nitrogen and oxygen atoms in total. The topological polar surface area (TPSA) is 82.2 Å². The molecular formula is C23H31FN4O4S. The number of nitrogens with zero attached hydrogens (tertiary/aromatic N) is 3. The summed E-state index contributed by atoms with van der Waals surface area (Å²) in [6, 6.07) is 10.9. The number of carbonyl (C=O) groups is 1. The first kappa shape index (κ1) is 24.8. The van der Waals surface area contributed by atoms with Crippen LogP contribution in [0, 0.1) is 5.82 Å². The number of benzene rings is 2. The smallest absolute Gasteiger partial charge is 0.243 e. The van der Waals surface area contributed by atoms with E-state index < -0.39 is 10.0 Å². The Labute approximate surface area is 195 Å². The van der Waals surface area contributed by atoms with E-state index in [2.05, 4.69) is 10.2 Å². The van der Waals surface area contributed by atoms with Gasteiger partial charge in [0.1, 0.15) is 11.6 Å². The quantitative estimate of drug-likeness (QED) is 0.597. The SMILES string of the molecule is CCN(CC)S(=O)(=O)c1ccc(OC)c(NCC(=O)N2CCN(c3ccc(F)cc3)CC2)c1. The van der Waals surface area contributed by atoms with E-state index in [4.69, 9.17) is 4.74 Å². The summed E-state index contributed by atoms with van der Waals surface area (Å²) >= 11 is 0. The van der Waals surface area contributed by atoms with Gasteiger partial charge in [0.15, 0.2) is 0 Å². The highest BCUT2D eigenvalue weighted by molar-refractivity contribution is 7.89. The molecule has 0 saturated carbocycles. The fourth-order valence-corrected chi connectivity index (χ4v) is 5.33. The van der Waals surface area contributed by atoms with E-state index in [1.807, 2.05) is 0 Å². The van der Waals surface area contributed by atoms with E-state index in [0.29, 0.717) is 50.7 Å². The van der Waals surface area contributed by atoms with Gasteiger partial charge < -0.3 is 19.9 Å². The highest BCUT2D eigenvalue weighted by Crippen LogP contribution is 2.29. The molecular weight excluding hydrogens is 447 g/mol. The fourth-order valence-electron chi connectivity index (χ4n) is 3.85. The van der Waals surface area contributed by atoms with E-state index in [1.54, 1.807) is 36.9 Å². The number of nitrogens with one attached hydrogen (secondary N) is 1. The van der Waals surface area contributed by atoms with E-state index in [9.17, 15) is 17.6 Å². The highest BCUT2D eigenvalue weighted by atomic mass is 32.2. The molecule has 0 bridgehead atoms. The molecule has 0 spiro atoms. The summed E-state index contributed by atoms with van der Waals surface area (Å²) in [4.78, 5) is 16.8. The average Bonchev–Trinajstić information content (AvgIpc) is 2.83. The Morgan fingerprint density at radius 2 is 1.70 bits per heavy atom. The number of ether oxygens (including phenoxy) is 1. The van der Waals surface area contributed by atoms with Gasteiger partial charge in [0, 0.05) is 45.0 Å². The number of hydrogen-bond donors (Lipinski definition) is 1. The minimum absolute atomic E-state index is 0.0156. The lowest BCUT2D eigenvalue weighted by Gasteiger charge is -2.36. The van der Waals surface area contributed by atoms with E-state index in [-0.39, 0.29) is 23.2 Å². The lowest BCUT2D eigenvalue weighted by molar-refractivity contribution is -0.129. The van der Waals surface area contributed by atoms with Crippen LogP contribution in [0.5, 0.6) is 5.75 Å². The molecule has 0 radical (unpaired) electrons. The Kier molecular flexibility index (Phi) is 8.15. The number of rotatable bonds is 9. The molecule has 0 atom stereocenters. The highest BCUT2D eigenvalue weighted by Gasteiger charge is 2.24. The number of piperazine rings is 1. The second-order valence-corrected chi connectivity index (χ2v) is 9.59. The Balaban J connectivity index is 1.63. The molecule has 3 rings (SSSR count). The van der Waals surface area contributed by atoms with Crippen LogP contribution >= 0.6 is 0 Å². The van der Waals surface area contributed by atoms with Gasteiger partial charge >= 0.3 is 0 Å². The van der Waals surface area contributed by atoms with Crippen molar-refractivity contribution in [2.24, 2.45) is 0 Å². The summed E-state index contributed by atoms with van der Waals surface area (Å²) in [6.07, 6.45) is 0. The van der Waals surface area contributed by atoms with Gasteiger partial charge in [0.25, 0.3) is 0 Å². The molecule has 0 unspecified atom stereocenters. The molecule has 2 aromatic carbocycles. The minimum Gasteiger partial charge on any atom is -0.495 e. The van der Waals surface area contributed by atoms with E-state index in [1.165, 1.54) is 35.7 Å². The molecule has 33 heavy (non-hydrogen) atoms. The van der Waals surface area contributed by atoms with Crippen LogP contribution in [0.4, 0.5) is 15.8 Å². The first-order chi connectivity index (χ1) is 15.8. The zero-order chi connectivity index (χ0) is 24.0. The molecule has 0 aromatic heterocycles. The van der Waals surface area contributed by atoms with Gasteiger partial charge in [-0.25, -0.2) is 12.8 Å². The Morgan fingerprint density at radius 3 is 2.27 bits per heavy atom. The molecule has 1 N–H and O–H groups in total. The van der Waals surface area contributed by atoms with Crippen LogP contribution in [0.1, 0.15) is 13.8 Å². The molecule has 1 amide bonds. The largest absolute Gasteiger partial charge is 0.495 e. The van der Waals surface area contributed by atoms with E-state index in [0.717, 1.165) is 5.69 Å². The summed E-state index contributed by atoms with van der Waals surface area (Å²) in [7, 11) is -2.13. The molecule has 1 saturated heterocycles. The number of hydrogen-bond acceptors (Lipinski definition) is 6. The number of sulfonamides is 1. The summed E-state index contributed by atoms with van der Waals surface area (Å²) in [6.45, 7) is 6.73. The third-order valence-corrected chi connectivity index (χ3v) is 7.81. The van der Waals surface area contributed by atoms with Crippen molar-refractivity contribution in [2.45, 2.75) is 18.7 Å². The third-order valence-electron chi connectivity index (χ3n) is 5.77.